The maximum Gasteiger partial charge on any atom is 0.145 e. The molecule has 2 rings (SSSR count). The Morgan fingerprint density at radius 3 is 2.38 bits per heavy atom. The first kappa shape index (κ1) is 11.4. The predicted molar refractivity (Wildman–Crippen MR) is 61.8 cm³/mol. The van der Waals surface area contributed by atoms with E-state index in [4.69, 9.17) is 9.47 Å². The van der Waals surface area contributed by atoms with Crippen molar-refractivity contribution in [3.63, 3.8) is 0 Å². The van der Waals surface area contributed by atoms with Crippen molar-refractivity contribution in [2.24, 2.45) is 0 Å². The van der Waals surface area contributed by atoms with Crippen LogP contribution in [0.2, 0.25) is 0 Å². The summed E-state index contributed by atoms with van der Waals surface area (Å²) in [5.74, 6) is 0.866. The highest BCUT2D eigenvalue weighted by Crippen LogP contribution is 2.25. The van der Waals surface area contributed by atoms with E-state index < -0.39 is 0 Å². The van der Waals surface area contributed by atoms with E-state index in [-0.39, 0.29) is 18.1 Å². The molecule has 0 spiro atoms. The molecule has 16 heavy (non-hydrogen) atoms. The van der Waals surface area contributed by atoms with Gasteiger partial charge in [-0.25, -0.2) is 0 Å². The van der Waals surface area contributed by atoms with E-state index in [0.717, 1.165) is 11.3 Å². The molecule has 1 fully saturated rings. The lowest BCUT2D eigenvalue weighted by Gasteiger charge is -2.27. The van der Waals surface area contributed by atoms with Crippen molar-refractivity contribution in [2.45, 2.75) is 25.4 Å². The van der Waals surface area contributed by atoms with Gasteiger partial charge >= 0.3 is 0 Å². The summed E-state index contributed by atoms with van der Waals surface area (Å²) in [5, 5.41) is 9.26. The quantitative estimate of drug-likeness (QED) is 0.843. The molecule has 1 aromatic carbocycles. The zero-order valence-corrected chi connectivity index (χ0v) is 9.77. The average molecular weight is 222 g/mol. The SMILES string of the molecule is CC(C)(CO)c1ccc(OC2COC2)cc1. The Balaban J connectivity index is 2.03. The van der Waals surface area contributed by atoms with Crippen LogP contribution in [0.1, 0.15) is 19.4 Å². The fourth-order valence-electron chi connectivity index (χ4n) is 1.55. The molecule has 1 saturated heterocycles. The van der Waals surface area contributed by atoms with E-state index in [1.54, 1.807) is 0 Å². The van der Waals surface area contributed by atoms with Crippen molar-refractivity contribution in [3.05, 3.63) is 29.8 Å². The van der Waals surface area contributed by atoms with Crippen LogP contribution in [0.3, 0.4) is 0 Å². The first-order valence-corrected chi connectivity index (χ1v) is 5.57. The minimum atomic E-state index is -0.196. The van der Waals surface area contributed by atoms with Crippen LogP contribution in [-0.2, 0) is 10.2 Å². The monoisotopic (exact) mass is 222 g/mol. The molecule has 0 unspecified atom stereocenters. The van der Waals surface area contributed by atoms with Crippen LogP contribution in [0.5, 0.6) is 5.75 Å². The van der Waals surface area contributed by atoms with Crippen LogP contribution < -0.4 is 4.74 Å². The van der Waals surface area contributed by atoms with Gasteiger partial charge in [-0.1, -0.05) is 26.0 Å². The number of hydrogen-bond acceptors (Lipinski definition) is 3. The van der Waals surface area contributed by atoms with Crippen molar-refractivity contribution < 1.29 is 14.6 Å². The molecule has 0 amide bonds. The third-order valence-corrected chi connectivity index (χ3v) is 2.94. The molecule has 1 heterocycles. The van der Waals surface area contributed by atoms with Gasteiger partial charge in [0.05, 0.1) is 19.8 Å². The highest BCUT2D eigenvalue weighted by atomic mass is 16.6. The van der Waals surface area contributed by atoms with E-state index in [2.05, 4.69) is 0 Å². The fourth-order valence-corrected chi connectivity index (χ4v) is 1.55. The van der Waals surface area contributed by atoms with Gasteiger partial charge in [0, 0.05) is 5.41 Å². The van der Waals surface area contributed by atoms with Crippen LogP contribution in [0.15, 0.2) is 24.3 Å². The Bertz CT molecular complexity index is 339. The van der Waals surface area contributed by atoms with Gasteiger partial charge in [-0.3, -0.25) is 0 Å². The summed E-state index contributed by atoms with van der Waals surface area (Å²) in [6.07, 6.45) is 0.205. The minimum absolute atomic E-state index is 0.143. The van der Waals surface area contributed by atoms with Gasteiger partial charge in [-0.15, -0.1) is 0 Å². The number of hydrogen-bond donors (Lipinski definition) is 1. The lowest BCUT2D eigenvalue weighted by atomic mass is 9.86. The maximum atomic E-state index is 9.26. The van der Waals surface area contributed by atoms with Gasteiger partial charge in [-0.2, -0.15) is 0 Å². The van der Waals surface area contributed by atoms with E-state index in [9.17, 15) is 5.11 Å². The number of benzene rings is 1. The number of aliphatic hydroxyl groups is 1. The van der Waals surface area contributed by atoms with Crippen LogP contribution in [-0.4, -0.2) is 31.0 Å². The van der Waals surface area contributed by atoms with Gasteiger partial charge in [0.2, 0.25) is 0 Å². The summed E-state index contributed by atoms with van der Waals surface area (Å²) in [7, 11) is 0. The molecule has 3 nitrogen and oxygen atoms in total. The van der Waals surface area contributed by atoms with E-state index >= 15 is 0 Å². The van der Waals surface area contributed by atoms with Crippen molar-refractivity contribution in [1.82, 2.24) is 0 Å². The maximum absolute atomic E-state index is 9.26. The Hall–Kier alpha value is -1.06. The molecular weight excluding hydrogens is 204 g/mol. The molecule has 0 radical (unpaired) electrons. The molecule has 0 saturated carbocycles. The molecule has 0 bridgehead atoms. The molecule has 3 heteroatoms. The first-order chi connectivity index (χ1) is 7.62. The molecular formula is C13H18O3. The normalized spacial score (nSPS) is 16.9. The second-order valence-electron chi connectivity index (χ2n) is 4.84. The predicted octanol–water partition coefficient (Wildman–Crippen LogP) is 1.73. The molecule has 1 aliphatic rings. The molecule has 88 valence electrons. The number of rotatable bonds is 4. The summed E-state index contributed by atoms with van der Waals surface area (Å²) >= 11 is 0. The highest BCUT2D eigenvalue weighted by Gasteiger charge is 2.21. The summed E-state index contributed by atoms with van der Waals surface area (Å²) in [6.45, 7) is 5.54. The van der Waals surface area contributed by atoms with E-state index in [0.29, 0.717) is 13.2 Å². The number of aliphatic hydroxyl groups excluding tert-OH is 1. The minimum Gasteiger partial charge on any atom is -0.486 e. The van der Waals surface area contributed by atoms with Gasteiger partial charge in [-0.05, 0) is 17.7 Å². The van der Waals surface area contributed by atoms with Crippen molar-refractivity contribution >= 4 is 0 Å². The standard InChI is InChI=1S/C13H18O3/c1-13(2,9-14)10-3-5-11(6-4-10)16-12-7-15-8-12/h3-6,12,14H,7-9H2,1-2H3. The zero-order valence-electron chi connectivity index (χ0n) is 9.77. The Morgan fingerprint density at radius 2 is 1.94 bits per heavy atom. The van der Waals surface area contributed by atoms with Crippen LogP contribution >= 0.6 is 0 Å². The summed E-state index contributed by atoms with van der Waals surface area (Å²) in [5.41, 5.74) is 0.921. The van der Waals surface area contributed by atoms with Crippen LogP contribution in [0.25, 0.3) is 0 Å². The highest BCUT2D eigenvalue weighted by molar-refractivity contribution is 5.31. The summed E-state index contributed by atoms with van der Waals surface area (Å²) in [6, 6.07) is 7.91. The smallest absolute Gasteiger partial charge is 0.145 e. The second kappa shape index (κ2) is 4.44. The topological polar surface area (TPSA) is 38.7 Å². The van der Waals surface area contributed by atoms with Gasteiger partial charge in [0.1, 0.15) is 11.9 Å². The Labute approximate surface area is 96.0 Å². The van der Waals surface area contributed by atoms with E-state index in [1.807, 2.05) is 38.1 Å². The summed E-state index contributed by atoms with van der Waals surface area (Å²) in [4.78, 5) is 0. The first-order valence-electron chi connectivity index (χ1n) is 5.57. The Morgan fingerprint density at radius 1 is 1.31 bits per heavy atom. The molecule has 0 aliphatic carbocycles. The third-order valence-electron chi connectivity index (χ3n) is 2.94. The van der Waals surface area contributed by atoms with Gasteiger partial charge in [0.25, 0.3) is 0 Å². The van der Waals surface area contributed by atoms with Crippen LogP contribution in [0.4, 0.5) is 0 Å². The zero-order chi connectivity index (χ0) is 11.6. The Kier molecular flexibility index (Phi) is 3.17. The lowest BCUT2D eigenvalue weighted by Crippen LogP contribution is -2.38. The van der Waals surface area contributed by atoms with Gasteiger partial charge in [0.15, 0.2) is 0 Å². The molecule has 1 N–H and O–H groups in total. The third kappa shape index (κ3) is 2.36. The molecule has 1 aliphatic heterocycles. The largest absolute Gasteiger partial charge is 0.486 e. The van der Waals surface area contributed by atoms with Crippen molar-refractivity contribution in [3.8, 4) is 5.75 Å². The van der Waals surface area contributed by atoms with Crippen LogP contribution in [0, 0.1) is 0 Å². The average Bonchev–Trinajstić information content (AvgIpc) is 2.24. The summed E-state index contributed by atoms with van der Waals surface area (Å²) < 4.78 is 10.7. The van der Waals surface area contributed by atoms with Gasteiger partial charge < -0.3 is 14.6 Å². The lowest BCUT2D eigenvalue weighted by molar-refractivity contribution is -0.0796. The second-order valence-corrected chi connectivity index (χ2v) is 4.84. The number of ether oxygens (including phenoxy) is 2. The van der Waals surface area contributed by atoms with Crippen molar-refractivity contribution in [1.29, 1.82) is 0 Å². The fraction of sp³-hybridized carbons (Fsp3) is 0.538. The van der Waals surface area contributed by atoms with Crippen molar-refractivity contribution in [2.75, 3.05) is 19.8 Å². The molecule has 0 atom stereocenters. The van der Waals surface area contributed by atoms with E-state index in [1.165, 1.54) is 0 Å². The molecule has 0 aromatic heterocycles. The molecule has 1 aromatic rings.